The number of nitrogens with one attached hydrogen (secondary N) is 1. The average Bonchev–Trinajstić information content (AvgIpc) is 3.16. The predicted molar refractivity (Wildman–Crippen MR) is 95.7 cm³/mol. The zero-order chi connectivity index (χ0) is 18.8. The number of fused-ring (bicyclic) bond motifs is 1. The maximum atomic E-state index is 13.1. The van der Waals surface area contributed by atoms with Crippen LogP contribution in [0.2, 0.25) is 0 Å². The lowest BCUT2D eigenvalue weighted by molar-refractivity contribution is -0.127. The van der Waals surface area contributed by atoms with Gasteiger partial charge in [0, 0.05) is 12.6 Å². The summed E-state index contributed by atoms with van der Waals surface area (Å²) in [4.78, 5) is 18.4. The molecule has 1 atom stereocenters. The first-order valence-electron chi connectivity index (χ1n) is 8.45. The summed E-state index contributed by atoms with van der Waals surface area (Å²) in [5.41, 5.74) is 1.51. The monoisotopic (exact) mass is 368 g/mol. The number of hydrogen-bond donors (Lipinski definition) is 1. The van der Waals surface area contributed by atoms with E-state index in [0.29, 0.717) is 36.1 Å². The lowest BCUT2D eigenvalue weighted by Crippen LogP contribution is -2.48. The molecule has 0 radical (unpaired) electrons. The van der Waals surface area contributed by atoms with E-state index >= 15 is 0 Å². The molecule has 1 N–H and O–H groups in total. The number of nitrogens with zero attached hydrogens (tertiary/aromatic N) is 3. The molecular formula is C19H17FN4O3. The molecule has 7 nitrogen and oxygen atoms in total. The third-order valence-electron chi connectivity index (χ3n) is 4.30. The maximum Gasteiger partial charge on any atom is 0.262 e. The molecule has 1 unspecified atom stereocenters. The van der Waals surface area contributed by atoms with Crippen LogP contribution < -0.4 is 15.0 Å². The van der Waals surface area contributed by atoms with Crippen molar-refractivity contribution in [2.24, 2.45) is 0 Å². The van der Waals surface area contributed by atoms with Gasteiger partial charge < -0.3 is 19.5 Å². The quantitative estimate of drug-likeness (QED) is 0.762. The van der Waals surface area contributed by atoms with Crippen LogP contribution in [-0.2, 0) is 11.3 Å². The molecule has 138 valence electrons. The molecule has 2 aromatic carbocycles. The number of carbonyl (C=O) groups is 1. The Hall–Kier alpha value is -3.42. The van der Waals surface area contributed by atoms with E-state index in [0.717, 1.165) is 5.69 Å². The molecule has 0 saturated carbocycles. The van der Waals surface area contributed by atoms with E-state index in [1.54, 1.807) is 19.2 Å². The molecule has 1 aliphatic heterocycles. The third kappa shape index (κ3) is 3.46. The topological polar surface area (TPSA) is 80.5 Å². The molecule has 3 aromatic rings. The molecule has 1 aliphatic rings. The molecule has 0 saturated heterocycles. The number of para-hydroxylation sites is 2. The van der Waals surface area contributed by atoms with Gasteiger partial charge in [0.2, 0.25) is 11.7 Å². The first kappa shape index (κ1) is 17.0. The van der Waals surface area contributed by atoms with Crippen LogP contribution in [-0.4, -0.2) is 35.7 Å². The predicted octanol–water partition coefficient (Wildman–Crippen LogP) is 2.39. The molecule has 8 heteroatoms. The van der Waals surface area contributed by atoms with Gasteiger partial charge in [0.25, 0.3) is 5.91 Å². The van der Waals surface area contributed by atoms with Crippen LogP contribution in [0.4, 0.5) is 10.1 Å². The molecule has 27 heavy (non-hydrogen) atoms. The second-order valence-corrected chi connectivity index (χ2v) is 6.09. The minimum absolute atomic E-state index is 0.202. The van der Waals surface area contributed by atoms with Crippen molar-refractivity contribution in [2.75, 3.05) is 18.5 Å². The van der Waals surface area contributed by atoms with E-state index in [2.05, 4.69) is 15.5 Å². The number of benzene rings is 2. The largest absolute Gasteiger partial charge is 0.477 e. The SMILES string of the molecule is CNC(=O)C1CN(Cc2nc(-c3ccc(F)cc3)no2)c2ccccc2O1. The van der Waals surface area contributed by atoms with Gasteiger partial charge >= 0.3 is 0 Å². The van der Waals surface area contributed by atoms with Crippen LogP contribution in [0.25, 0.3) is 11.4 Å². The summed E-state index contributed by atoms with van der Waals surface area (Å²) in [6, 6.07) is 13.3. The summed E-state index contributed by atoms with van der Waals surface area (Å²) < 4.78 is 24.2. The Morgan fingerprint density at radius 1 is 1.26 bits per heavy atom. The molecular weight excluding hydrogens is 351 g/mol. The lowest BCUT2D eigenvalue weighted by atomic mass is 10.1. The van der Waals surface area contributed by atoms with Crippen LogP contribution in [0.1, 0.15) is 5.89 Å². The van der Waals surface area contributed by atoms with Gasteiger partial charge in [-0.1, -0.05) is 17.3 Å². The Kier molecular flexibility index (Phi) is 4.45. The highest BCUT2D eigenvalue weighted by molar-refractivity contribution is 5.83. The molecule has 0 bridgehead atoms. The first-order valence-corrected chi connectivity index (χ1v) is 8.45. The number of amides is 1. The summed E-state index contributed by atoms with van der Waals surface area (Å²) in [5.74, 6) is 0.867. The van der Waals surface area contributed by atoms with Gasteiger partial charge in [-0.25, -0.2) is 4.39 Å². The van der Waals surface area contributed by atoms with Gasteiger partial charge in [-0.15, -0.1) is 0 Å². The average molecular weight is 368 g/mol. The number of halogens is 1. The van der Waals surface area contributed by atoms with Crippen LogP contribution in [0.5, 0.6) is 5.75 Å². The molecule has 0 fully saturated rings. The van der Waals surface area contributed by atoms with Crippen LogP contribution in [0.3, 0.4) is 0 Å². The first-order chi connectivity index (χ1) is 13.1. The lowest BCUT2D eigenvalue weighted by Gasteiger charge is -2.34. The number of hydrogen-bond acceptors (Lipinski definition) is 6. The highest BCUT2D eigenvalue weighted by atomic mass is 19.1. The van der Waals surface area contributed by atoms with E-state index in [4.69, 9.17) is 9.26 Å². The minimum atomic E-state index is -0.635. The van der Waals surface area contributed by atoms with Gasteiger partial charge in [0.1, 0.15) is 11.6 Å². The zero-order valence-corrected chi connectivity index (χ0v) is 14.6. The Bertz CT molecular complexity index is 958. The Balaban J connectivity index is 1.58. The summed E-state index contributed by atoms with van der Waals surface area (Å²) in [7, 11) is 1.57. The van der Waals surface area contributed by atoms with Crippen LogP contribution in [0, 0.1) is 5.82 Å². The molecule has 4 rings (SSSR count). The Morgan fingerprint density at radius 2 is 2.04 bits per heavy atom. The van der Waals surface area contributed by atoms with Crippen LogP contribution >= 0.6 is 0 Å². The van der Waals surface area contributed by atoms with E-state index < -0.39 is 6.10 Å². The third-order valence-corrected chi connectivity index (χ3v) is 4.30. The van der Waals surface area contributed by atoms with Gasteiger partial charge in [-0.2, -0.15) is 4.98 Å². The second-order valence-electron chi connectivity index (χ2n) is 6.09. The van der Waals surface area contributed by atoms with Gasteiger partial charge in [-0.05, 0) is 36.4 Å². The number of carbonyl (C=O) groups excluding carboxylic acids is 1. The van der Waals surface area contributed by atoms with Crippen molar-refractivity contribution in [3.8, 4) is 17.1 Å². The fourth-order valence-corrected chi connectivity index (χ4v) is 2.95. The minimum Gasteiger partial charge on any atom is -0.477 e. The fraction of sp³-hybridized carbons (Fsp3) is 0.211. The van der Waals surface area contributed by atoms with Crippen LogP contribution in [0.15, 0.2) is 53.1 Å². The number of rotatable bonds is 4. The van der Waals surface area contributed by atoms with E-state index in [-0.39, 0.29) is 11.7 Å². The zero-order valence-electron chi connectivity index (χ0n) is 14.6. The van der Waals surface area contributed by atoms with Crippen molar-refractivity contribution in [2.45, 2.75) is 12.6 Å². The van der Waals surface area contributed by atoms with E-state index in [1.165, 1.54) is 12.1 Å². The number of ether oxygens (including phenoxy) is 1. The highest BCUT2D eigenvalue weighted by Gasteiger charge is 2.31. The summed E-state index contributed by atoms with van der Waals surface area (Å²) >= 11 is 0. The molecule has 0 spiro atoms. The van der Waals surface area contributed by atoms with E-state index in [1.807, 2.05) is 29.2 Å². The molecule has 1 amide bonds. The Labute approximate surface area is 154 Å². The maximum absolute atomic E-state index is 13.1. The molecule has 2 heterocycles. The smallest absolute Gasteiger partial charge is 0.262 e. The molecule has 1 aromatic heterocycles. The summed E-state index contributed by atoms with van der Waals surface area (Å²) in [5, 5.41) is 6.57. The highest BCUT2D eigenvalue weighted by Crippen LogP contribution is 2.34. The van der Waals surface area contributed by atoms with E-state index in [9.17, 15) is 9.18 Å². The van der Waals surface area contributed by atoms with Crippen molar-refractivity contribution >= 4 is 11.6 Å². The fourth-order valence-electron chi connectivity index (χ4n) is 2.95. The van der Waals surface area contributed by atoms with Crippen molar-refractivity contribution < 1.29 is 18.4 Å². The second kappa shape index (κ2) is 7.06. The standard InChI is InChI=1S/C19H17FN4O3/c1-21-19(25)16-10-24(14-4-2-3-5-15(14)26-16)11-17-22-18(23-27-17)12-6-8-13(20)9-7-12/h2-9,16H,10-11H2,1H3,(H,21,25). The summed E-state index contributed by atoms with van der Waals surface area (Å²) in [6.45, 7) is 0.674. The number of likely N-dealkylation sites (N-methyl/N-ethyl adjacent to an activating group) is 1. The van der Waals surface area contributed by atoms with Crippen molar-refractivity contribution in [1.82, 2.24) is 15.5 Å². The number of aromatic nitrogens is 2. The molecule has 0 aliphatic carbocycles. The summed E-state index contributed by atoms with van der Waals surface area (Å²) in [6.07, 6.45) is -0.635. The van der Waals surface area contributed by atoms with Crippen molar-refractivity contribution in [3.05, 3.63) is 60.2 Å². The van der Waals surface area contributed by atoms with Crippen molar-refractivity contribution in [1.29, 1.82) is 0 Å². The number of anilines is 1. The van der Waals surface area contributed by atoms with Crippen molar-refractivity contribution in [3.63, 3.8) is 0 Å². The van der Waals surface area contributed by atoms with Gasteiger partial charge in [-0.3, -0.25) is 4.79 Å². The van der Waals surface area contributed by atoms with Gasteiger partial charge in [0.05, 0.1) is 18.8 Å². The Morgan fingerprint density at radius 3 is 2.81 bits per heavy atom. The normalized spacial score (nSPS) is 15.8. The van der Waals surface area contributed by atoms with Gasteiger partial charge in [0.15, 0.2) is 6.10 Å².